The molecule has 4 N–H and O–H groups in total. The number of phenols is 2. The third kappa shape index (κ3) is 2.50. The molecule has 1 aromatic carbocycles. The van der Waals surface area contributed by atoms with Crippen LogP contribution in [0.3, 0.4) is 0 Å². The predicted octanol–water partition coefficient (Wildman–Crippen LogP) is 1.58. The van der Waals surface area contributed by atoms with Crippen LogP contribution in [0.25, 0.3) is 0 Å². The van der Waals surface area contributed by atoms with Gasteiger partial charge in [-0.1, -0.05) is 13.0 Å². The Morgan fingerprint density at radius 2 is 1.77 bits per heavy atom. The average molecular weight is 204 g/mol. The van der Waals surface area contributed by atoms with E-state index in [1.807, 2.05) is 6.92 Å². The molecule has 74 valence electrons. The summed E-state index contributed by atoms with van der Waals surface area (Å²) in [7, 11) is 0. The first kappa shape index (κ1) is 12.1. The molecule has 0 radical (unpaired) electrons. The normalized spacial score (nSPS) is 11.8. The molecule has 0 heterocycles. The zero-order chi connectivity index (χ0) is 9.14. The molecular weight excluding hydrogens is 190 g/mol. The van der Waals surface area contributed by atoms with Gasteiger partial charge < -0.3 is 15.9 Å². The summed E-state index contributed by atoms with van der Waals surface area (Å²) in [5.74, 6) is 0.187. The van der Waals surface area contributed by atoms with E-state index in [1.165, 1.54) is 0 Å². The van der Waals surface area contributed by atoms with Crippen molar-refractivity contribution in [3.05, 3.63) is 23.8 Å². The van der Waals surface area contributed by atoms with E-state index < -0.39 is 0 Å². The van der Waals surface area contributed by atoms with Gasteiger partial charge in [-0.2, -0.15) is 0 Å². The maximum atomic E-state index is 9.38. The van der Waals surface area contributed by atoms with Gasteiger partial charge in [0.25, 0.3) is 0 Å². The summed E-state index contributed by atoms with van der Waals surface area (Å²) >= 11 is 0. The van der Waals surface area contributed by atoms with Gasteiger partial charge in [0.1, 0.15) is 11.5 Å². The van der Waals surface area contributed by atoms with Crippen molar-refractivity contribution in [1.29, 1.82) is 0 Å². The van der Waals surface area contributed by atoms with E-state index in [4.69, 9.17) is 5.73 Å². The third-order valence-electron chi connectivity index (χ3n) is 1.91. The highest BCUT2D eigenvalue weighted by Gasteiger charge is 2.12. The van der Waals surface area contributed by atoms with Gasteiger partial charge in [-0.3, -0.25) is 0 Å². The SMILES string of the molecule is CC(CN)c1c(O)cccc1O.Cl. The molecule has 0 saturated heterocycles. The summed E-state index contributed by atoms with van der Waals surface area (Å²) in [4.78, 5) is 0. The molecule has 0 aromatic heterocycles. The lowest BCUT2D eigenvalue weighted by Crippen LogP contribution is -2.09. The van der Waals surface area contributed by atoms with Crippen molar-refractivity contribution in [2.45, 2.75) is 12.8 Å². The highest BCUT2D eigenvalue weighted by molar-refractivity contribution is 5.85. The maximum absolute atomic E-state index is 9.38. The van der Waals surface area contributed by atoms with Crippen LogP contribution in [0.15, 0.2) is 18.2 Å². The molecule has 0 amide bonds. The molecule has 0 aliphatic heterocycles. The number of aromatic hydroxyl groups is 2. The molecule has 0 aliphatic carbocycles. The van der Waals surface area contributed by atoms with E-state index in [0.717, 1.165) is 0 Å². The third-order valence-corrected chi connectivity index (χ3v) is 1.91. The summed E-state index contributed by atoms with van der Waals surface area (Å²) in [5, 5.41) is 18.8. The fraction of sp³-hybridized carbons (Fsp3) is 0.333. The van der Waals surface area contributed by atoms with Crippen LogP contribution in [0.1, 0.15) is 18.4 Å². The highest BCUT2D eigenvalue weighted by Crippen LogP contribution is 2.32. The second kappa shape index (κ2) is 4.94. The standard InChI is InChI=1S/C9H13NO2.ClH/c1-6(5-10)9-7(11)3-2-4-8(9)12;/h2-4,6,11-12H,5,10H2,1H3;1H. The van der Waals surface area contributed by atoms with Crippen molar-refractivity contribution < 1.29 is 10.2 Å². The quantitative estimate of drug-likeness (QED) is 0.684. The molecule has 4 heteroatoms. The number of phenolic OH excluding ortho intramolecular Hbond substituents is 2. The van der Waals surface area contributed by atoms with Gasteiger partial charge in [-0.15, -0.1) is 12.4 Å². The second-order valence-corrected chi connectivity index (χ2v) is 2.85. The first-order valence-electron chi connectivity index (χ1n) is 3.87. The second-order valence-electron chi connectivity index (χ2n) is 2.85. The maximum Gasteiger partial charge on any atom is 0.122 e. The van der Waals surface area contributed by atoms with Crippen molar-refractivity contribution in [2.75, 3.05) is 6.54 Å². The Morgan fingerprint density at radius 3 is 2.15 bits per heavy atom. The zero-order valence-corrected chi connectivity index (χ0v) is 8.21. The molecule has 0 saturated carbocycles. The monoisotopic (exact) mass is 203 g/mol. The van der Waals surface area contributed by atoms with Gasteiger partial charge in [0.05, 0.1) is 0 Å². The largest absolute Gasteiger partial charge is 0.508 e. The lowest BCUT2D eigenvalue weighted by Gasteiger charge is -2.12. The van der Waals surface area contributed by atoms with Crippen molar-refractivity contribution >= 4 is 12.4 Å². The molecule has 1 unspecified atom stereocenters. The zero-order valence-electron chi connectivity index (χ0n) is 7.40. The molecule has 0 bridgehead atoms. The number of halogens is 1. The van der Waals surface area contributed by atoms with E-state index in [2.05, 4.69) is 0 Å². The van der Waals surface area contributed by atoms with Crippen LogP contribution in [0.5, 0.6) is 11.5 Å². The first-order valence-corrected chi connectivity index (χ1v) is 3.87. The predicted molar refractivity (Wildman–Crippen MR) is 54.5 cm³/mol. The molecule has 3 nitrogen and oxygen atoms in total. The Balaban J connectivity index is 0.00000144. The average Bonchev–Trinajstić information content (AvgIpc) is 2.03. The summed E-state index contributed by atoms with van der Waals surface area (Å²) in [6.45, 7) is 2.26. The number of benzene rings is 1. The smallest absolute Gasteiger partial charge is 0.122 e. The van der Waals surface area contributed by atoms with Crippen molar-refractivity contribution in [3.8, 4) is 11.5 Å². The molecule has 1 aromatic rings. The van der Waals surface area contributed by atoms with Crippen molar-refractivity contribution in [3.63, 3.8) is 0 Å². The Morgan fingerprint density at radius 1 is 1.31 bits per heavy atom. The molecule has 0 spiro atoms. The molecule has 0 aliphatic rings. The lowest BCUT2D eigenvalue weighted by atomic mass is 9.99. The van der Waals surface area contributed by atoms with Crippen LogP contribution < -0.4 is 5.73 Å². The minimum absolute atomic E-state index is 0. The molecular formula is C9H14ClNO2. The van der Waals surface area contributed by atoms with Gasteiger partial charge in [0.2, 0.25) is 0 Å². The van der Waals surface area contributed by atoms with Crippen LogP contribution in [-0.2, 0) is 0 Å². The number of hydrogen-bond acceptors (Lipinski definition) is 3. The Kier molecular flexibility index (Phi) is 4.59. The lowest BCUT2D eigenvalue weighted by molar-refractivity contribution is 0.431. The fourth-order valence-electron chi connectivity index (χ4n) is 1.16. The van der Waals surface area contributed by atoms with Crippen molar-refractivity contribution in [2.24, 2.45) is 5.73 Å². The highest BCUT2D eigenvalue weighted by atomic mass is 35.5. The number of nitrogens with two attached hydrogens (primary N) is 1. The Hall–Kier alpha value is -0.930. The molecule has 0 fully saturated rings. The van der Waals surface area contributed by atoms with E-state index >= 15 is 0 Å². The van der Waals surface area contributed by atoms with Crippen LogP contribution in [0.2, 0.25) is 0 Å². The summed E-state index contributed by atoms with van der Waals surface area (Å²) in [5.41, 5.74) is 5.95. The van der Waals surface area contributed by atoms with E-state index in [1.54, 1.807) is 18.2 Å². The Labute approximate surface area is 83.6 Å². The van der Waals surface area contributed by atoms with E-state index in [-0.39, 0.29) is 29.8 Å². The summed E-state index contributed by atoms with van der Waals surface area (Å²) < 4.78 is 0. The fourth-order valence-corrected chi connectivity index (χ4v) is 1.16. The summed E-state index contributed by atoms with van der Waals surface area (Å²) in [6.07, 6.45) is 0. The molecule has 13 heavy (non-hydrogen) atoms. The summed E-state index contributed by atoms with van der Waals surface area (Å²) in [6, 6.07) is 4.68. The minimum atomic E-state index is -0.0220. The molecule has 1 rings (SSSR count). The van der Waals surface area contributed by atoms with Crippen LogP contribution in [0, 0.1) is 0 Å². The van der Waals surface area contributed by atoms with Crippen LogP contribution >= 0.6 is 12.4 Å². The topological polar surface area (TPSA) is 66.5 Å². The van der Waals surface area contributed by atoms with Gasteiger partial charge >= 0.3 is 0 Å². The van der Waals surface area contributed by atoms with Crippen molar-refractivity contribution in [1.82, 2.24) is 0 Å². The number of hydrogen-bond donors (Lipinski definition) is 3. The minimum Gasteiger partial charge on any atom is -0.508 e. The van der Waals surface area contributed by atoms with Gasteiger partial charge in [0, 0.05) is 11.5 Å². The molecule has 1 atom stereocenters. The van der Waals surface area contributed by atoms with Crippen LogP contribution in [-0.4, -0.2) is 16.8 Å². The van der Waals surface area contributed by atoms with Crippen LogP contribution in [0.4, 0.5) is 0 Å². The van der Waals surface area contributed by atoms with E-state index in [0.29, 0.717) is 12.1 Å². The first-order chi connectivity index (χ1) is 5.66. The number of rotatable bonds is 2. The van der Waals surface area contributed by atoms with Gasteiger partial charge in [-0.25, -0.2) is 0 Å². The van der Waals surface area contributed by atoms with Gasteiger partial charge in [0.15, 0.2) is 0 Å². The van der Waals surface area contributed by atoms with Gasteiger partial charge in [-0.05, 0) is 18.7 Å². The van der Waals surface area contributed by atoms with E-state index in [9.17, 15) is 10.2 Å². The Bertz CT molecular complexity index is 258.